The number of imidazole rings is 1. The number of benzene rings is 1. The van der Waals surface area contributed by atoms with Crippen molar-refractivity contribution < 1.29 is 23.9 Å². The molecule has 9 heteroatoms. The summed E-state index contributed by atoms with van der Waals surface area (Å²) in [5.41, 5.74) is 3.28. The van der Waals surface area contributed by atoms with E-state index < -0.39 is 23.9 Å². The molecule has 2 atom stereocenters. The molecule has 0 saturated carbocycles. The number of aromatic amines is 1. The van der Waals surface area contributed by atoms with Crippen LogP contribution in [-0.4, -0.2) is 41.0 Å². The molecule has 3 aromatic rings. The molecule has 8 nitrogen and oxygen atoms in total. The molecule has 0 bridgehead atoms. The van der Waals surface area contributed by atoms with Gasteiger partial charge in [0.25, 0.3) is 5.91 Å². The van der Waals surface area contributed by atoms with Gasteiger partial charge in [-0.05, 0) is 60.8 Å². The third kappa shape index (κ3) is 5.10. The van der Waals surface area contributed by atoms with Crippen LogP contribution in [0.15, 0.2) is 24.5 Å². The molecule has 186 valence electrons. The maximum Gasteiger partial charge on any atom is 0.341 e. The van der Waals surface area contributed by atoms with E-state index in [9.17, 15) is 14.4 Å². The van der Waals surface area contributed by atoms with Gasteiger partial charge in [-0.15, -0.1) is 11.3 Å². The topological polar surface area (TPSA) is 110 Å². The minimum Gasteiger partial charge on any atom is -0.465 e. The number of amides is 1. The Balaban J connectivity index is 1.54. The smallest absolute Gasteiger partial charge is 0.341 e. The normalized spacial score (nSPS) is 16.4. The largest absolute Gasteiger partial charge is 0.465 e. The number of ether oxygens (including phenoxy) is 2. The predicted molar refractivity (Wildman–Crippen MR) is 135 cm³/mol. The van der Waals surface area contributed by atoms with Crippen molar-refractivity contribution in [1.29, 1.82) is 0 Å². The van der Waals surface area contributed by atoms with Crippen LogP contribution in [0.1, 0.15) is 71.7 Å². The number of methoxy groups -OCH3 is 1. The van der Waals surface area contributed by atoms with Crippen LogP contribution in [0.3, 0.4) is 0 Å². The van der Waals surface area contributed by atoms with Crippen molar-refractivity contribution in [3.8, 4) is 0 Å². The van der Waals surface area contributed by atoms with Gasteiger partial charge in [-0.3, -0.25) is 4.79 Å². The van der Waals surface area contributed by atoms with Crippen molar-refractivity contribution >= 4 is 45.2 Å². The van der Waals surface area contributed by atoms with Crippen LogP contribution in [0.25, 0.3) is 11.0 Å². The monoisotopic (exact) mass is 497 g/mol. The van der Waals surface area contributed by atoms with E-state index in [1.54, 1.807) is 31.5 Å². The zero-order valence-electron chi connectivity index (χ0n) is 20.7. The fraction of sp³-hybridized carbons (Fsp3) is 0.462. The second-order valence-corrected chi connectivity index (χ2v) is 11.0. The fourth-order valence-electron chi connectivity index (χ4n) is 4.51. The molecule has 2 N–H and O–H groups in total. The van der Waals surface area contributed by atoms with Gasteiger partial charge in [-0.2, -0.15) is 0 Å². The average molecular weight is 498 g/mol. The lowest BCUT2D eigenvalue weighted by Gasteiger charge is -2.33. The summed E-state index contributed by atoms with van der Waals surface area (Å²) in [4.78, 5) is 46.7. The van der Waals surface area contributed by atoms with E-state index in [1.807, 2.05) is 0 Å². The second-order valence-electron chi connectivity index (χ2n) is 9.93. The van der Waals surface area contributed by atoms with E-state index >= 15 is 0 Å². The van der Waals surface area contributed by atoms with Gasteiger partial charge in [0, 0.05) is 4.88 Å². The number of nitrogens with one attached hydrogen (secondary N) is 2. The van der Waals surface area contributed by atoms with Gasteiger partial charge < -0.3 is 19.8 Å². The first-order valence-corrected chi connectivity index (χ1v) is 12.6. The van der Waals surface area contributed by atoms with Gasteiger partial charge in [-0.25, -0.2) is 14.6 Å². The zero-order chi connectivity index (χ0) is 25.3. The number of rotatable bonds is 6. The van der Waals surface area contributed by atoms with Gasteiger partial charge in [0.15, 0.2) is 6.10 Å². The van der Waals surface area contributed by atoms with Crippen LogP contribution >= 0.6 is 11.3 Å². The van der Waals surface area contributed by atoms with Crippen molar-refractivity contribution in [2.45, 2.75) is 59.5 Å². The highest BCUT2D eigenvalue weighted by atomic mass is 32.1. The average Bonchev–Trinajstić information content (AvgIpc) is 3.44. The Morgan fingerprint density at radius 2 is 2.03 bits per heavy atom. The Kier molecular flexibility index (Phi) is 6.98. The van der Waals surface area contributed by atoms with Gasteiger partial charge in [0.05, 0.1) is 35.6 Å². The predicted octanol–water partition coefficient (Wildman–Crippen LogP) is 5.14. The lowest BCUT2D eigenvalue weighted by Crippen LogP contribution is -2.32. The van der Waals surface area contributed by atoms with Crippen LogP contribution in [0.2, 0.25) is 0 Å². The molecular formula is C26H31N3O5S. The number of anilines is 1. The molecule has 2 heterocycles. The van der Waals surface area contributed by atoms with Crippen LogP contribution in [0.4, 0.5) is 5.00 Å². The highest BCUT2D eigenvalue weighted by Gasteiger charge is 2.35. The molecule has 1 aliphatic carbocycles. The van der Waals surface area contributed by atoms with Crippen molar-refractivity contribution in [2.24, 2.45) is 11.3 Å². The summed E-state index contributed by atoms with van der Waals surface area (Å²) in [5, 5.41) is 3.31. The van der Waals surface area contributed by atoms with Crippen molar-refractivity contribution in [2.75, 3.05) is 12.4 Å². The van der Waals surface area contributed by atoms with Crippen LogP contribution in [-0.2, 0) is 27.1 Å². The quantitative estimate of drug-likeness (QED) is 0.457. The van der Waals surface area contributed by atoms with Crippen LogP contribution in [0, 0.1) is 11.3 Å². The third-order valence-electron chi connectivity index (χ3n) is 6.68. The number of carbonyl (C=O) groups is 3. The summed E-state index contributed by atoms with van der Waals surface area (Å²) in [6, 6.07) is 4.97. The minimum atomic E-state index is -1.01. The summed E-state index contributed by atoms with van der Waals surface area (Å²) in [5.74, 6) is -1.06. The zero-order valence-corrected chi connectivity index (χ0v) is 21.5. The lowest BCUT2D eigenvalue weighted by molar-refractivity contribution is -0.124. The van der Waals surface area contributed by atoms with E-state index in [1.165, 1.54) is 18.4 Å². The van der Waals surface area contributed by atoms with Crippen LogP contribution in [0.5, 0.6) is 0 Å². The molecule has 1 amide bonds. The highest BCUT2D eigenvalue weighted by Crippen LogP contribution is 2.44. The Hall–Kier alpha value is -3.20. The standard InChI is InChI=1S/C26H31N3O5S/c1-6-19(34-24(31)14-7-10-17-18(11-14)28-13-27-17)22(30)29-23-21(25(32)33-5)16-9-8-15(26(2,3)4)12-20(16)35-23/h7,10-11,13,15,19H,6,8-9,12H2,1-5H3,(H,27,28)(H,29,30). The van der Waals surface area contributed by atoms with E-state index in [0.717, 1.165) is 35.2 Å². The summed E-state index contributed by atoms with van der Waals surface area (Å²) in [7, 11) is 1.34. The first kappa shape index (κ1) is 24.9. The molecule has 0 saturated heterocycles. The molecule has 0 aliphatic heterocycles. The number of nitrogens with zero attached hydrogens (tertiary/aromatic N) is 1. The molecule has 2 unspecified atom stereocenters. The first-order valence-electron chi connectivity index (χ1n) is 11.8. The number of hydrogen-bond acceptors (Lipinski definition) is 7. The van der Waals surface area contributed by atoms with Crippen molar-refractivity contribution in [1.82, 2.24) is 9.97 Å². The second kappa shape index (κ2) is 9.81. The maximum absolute atomic E-state index is 13.1. The third-order valence-corrected chi connectivity index (χ3v) is 7.85. The van der Waals surface area contributed by atoms with E-state index in [-0.39, 0.29) is 11.8 Å². The number of carbonyl (C=O) groups excluding carboxylic acids is 3. The molecule has 35 heavy (non-hydrogen) atoms. The number of H-pyrrole nitrogens is 1. The lowest BCUT2D eigenvalue weighted by atomic mass is 9.72. The van der Waals surface area contributed by atoms with Gasteiger partial charge in [-0.1, -0.05) is 27.7 Å². The molecule has 1 aliphatic rings. The van der Waals surface area contributed by atoms with E-state index in [0.29, 0.717) is 27.6 Å². The number of aromatic nitrogens is 2. The molecule has 0 fully saturated rings. The Bertz CT molecular complexity index is 1270. The Morgan fingerprint density at radius 3 is 2.71 bits per heavy atom. The molecule has 0 radical (unpaired) electrons. The minimum absolute atomic E-state index is 0.150. The summed E-state index contributed by atoms with van der Waals surface area (Å²) >= 11 is 1.42. The van der Waals surface area contributed by atoms with Crippen molar-refractivity contribution in [3.63, 3.8) is 0 Å². The highest BCUT2D eigenvalue weighted by molar-refractivity contribution is 7.17. The molecular weight excluding hydrogens is 466 g/mol. The molecule has 2 aromatic heterocycles. The summed E-state index contributed by atoms with van der Waals surface area (Å²) in [6.45, 7) is 8.45. The number of hydrogen-bond donors (Lipinski definition) is 2. The van der Waals surface area contributed by atoms with Gasteiger partial charge >= 0.3 is 11.9 Å². The van der Waals surface area contributed by atoms with E-state index in [2.05, 4.69) is 36.1 Å². The summed E-state index contributed by atoms with van der Waals surface area (Å²) in [6.07, 6.45) is 3.41. The number of thiophene rings is 1. The van der Waals surface area contributed by atoms with Crippen molar-refractivity contribution in [3.05, 3.63) is 46.1 Å². The number of fused-ring (bicyclic) bond motifs is 2. The first-order chi connectivity index (χ1) is 16.6. The summed E-state index contributed by atoms with van der Waals surface area (Å²) < 4.78 is 10.6. The van der Waals surface area contributed by atoms with E-state index in [4.69, 9.17) is 9.47 Å². The number of esters is 2. The molecule has 4 rings (SSSR count). The van der Waals surface area contributed by atoms with Gasteiger partial charge in [0.1, 0.15) is 5.00 Å². The van der Waals surface area contributed by atoms with Gasteiger partial charge in [0.2, 0.25) is 0 Å². The van der Waals surface area contributed by atoms with Crippen LogP contribution < -0.4 is 5.32 Å². The Labute approximate surface area is 208 Å². The SMILES string of the molecule is CCC(OC(=O)c1ccc2nc[nH]c2c1)C(=O)Nc1sc2c(c1C(=O)OC)CCC(C(C)(C)C)C2. The Morgan fingerprint density at radius 1 is 1.26 bits per heavy atom. The molecule has 1 aromatic carbocycles. The maximum atomic E-state index is 13.1. The molecule has 0 spiro atoms. The fourth-order valence-corrected chi connectivity index (χ4v) is 5.82.